The second-order valence-corrected chi connectivity index (χ2v) is 4.96. The lowest BCUT2D eigenvalue weighted by Crippen LogP contribution is -2.32. The number of aliphatic hydroxyl groups is 1. The molecule has 0 aliphatic rings. The molecule has 0 radical (unpaired) electrons. The summed E-state index contributed by atoms with van der Waals surface area (Å²) in [5, 5.41) is 15.9. The van der Waals surface area contributed by atoms with Crippen LogP contribution in [-0.2, 0) is 11.3 Å². The van der Waals surface area contributed by atoms with Crippen LogP contribution < -0.4 is 10.6 Å². The van der Waals surface area contributed by atoms with Crippen LogP contribution in [0.2, 0.25) is 0 Å². The van der Waals surface area contributed by atoms with Gasteiger partial charge in [0.15, 0.2) is 5.82 Å². The Morgan fingerprint density at radius 2 is 1.90 bits per heavy atom. The molecule has 0 aromatic carbocycles. The highest BCUT2D eigenvalue weighted by Crippen LogP contribution is 2.26. The molecule has 0 saturated carbocycles. The molecule has 0 spiro atoms. The van der Waals surface area contributed by atoms with Crippen molar-refractivity contribution in [1.29, 1.82) is 0 Å². The Balaban J connectivity index is 2.83. The third kappa shape index (κ3) is 4.31. The fraction of sp³-hybridized carbons (Fsp3) is 0.714. The Hall–Kier alpha value is -1.40. The molecule has 0 unspecified atom stereocenters. The minimum Gasteiger partial charge on any atom is -0.396 e. The molecular formula is C14H26N4O2. The van der Waals surface area contributed by atoms with Gasteiger partial charge < -0.3 is 20.5 Å². The maximum Gasteiger partial charge on any atom is 0.158 e. The molecule has 114 valence electrons. The fourth-order valence-electron chi connectivity index (χ4n) is 1.97. The van der Waals surface area contributed by atoms with Gasteiger partial charge in [0.2, 0.25) is 0 Å². The van der Waals surface area contributed by atoms with E-state index >= 15 is 0 Å². The van der Waals surface area contributed by atoms with Crippen molar-refractivity contribution in [2.24, 2.45) is 5.41 Å². The van der Waals surface area contributed by atoms with Gasteiger partial charge in [-0.15, -0.1) is 0 Å². The number of rotatable bonds is 9. The van der Waals surface area contributed by atoms with Crippen LogP contribution in [0.5, 0.6) is 0 Å². The highest BCUT2D eigenvalue weighted by atomic mass is 16.5. The molecule has 1 aromatic heterocycles. The lowest BCUT2D eigenvalue weighted by molar-refractivity contribution is 0.127. The van der Waals surface area contributed by atoms with Crippen molar-refractivity contribution < 1.29 is 9.84 Å². The highest BCUT2D eigenvalue weighted by Gasteiger charge is 2.25. The first kappa shape index (κ1) is 16.7. The van der Waals surface area contributed by atoms with Crippen molar-refractivity contribution >= 4 is 11.6 Å². The van der Waals surface area contributed by atoms with E-state index in [2.05, 4.69) is 34.4 Å². The number of aliphatic hydroxyl groups excluding tert-OH is 1. The van der Waals surface area contributed by atoms with E-state index in [1.165, 1.54) is 0 Å². The van der Waals surface area contributed by atoms with Crippen molar-refractivity contribution in [3.05, 3.63) is 11.9 Å². The predicted octanol–water partition coefficient (Wildman–Crippen LogP) is 1.88. The highest BCUT2D eigenvalue weighted by molar-refractivity contribution is 5.47. The number of hydrogen-bond donors (Lipinski definition) is 3. The first-order chi connectivity index (χ1) is 9.62. The third-order valence-electron chi connectivity index (χ3n) is 3.78. The molecule has 1 rings (SSSR count). The van der Waals surface area contributed by atoms with Crippen LogP contribution in [-0.4, -0.2) is 42.4 Å². The quantitative estimate of drug-likeness (QED) is 0.642. The van der Waals surface area contributed by atoms with E-state index in [0.29, 0.717) is 19.0 Å². The Morgan fingerprint density at radius 1 is 1.25 bits per heavy atom. The molecule has 6 nitrogen and oxygen atoms in total. The van der Waals surface area contributed by atoms with Crippen molar-refractivity contribution in [1.82, 2.24) is 9.97 Å². The number of aromatic nitrogens is 2. The molecule has 0 amide bonds. The summed E-state index contributed by atoms with van der Waals surface area (Å²) in [6, 6.07) is 1.85. The number of ether oxygens (including phenoxy) is 1. The van der Waals surface area contributed by atoms with Gasteiger partial charge in [-0.05, 0) is 12.8 Å². The second kappa shape index (κ2) is 8.01. The van der Waals surface area contributed by atoms with E-state index in [1.54, 1.807) is 7.11 Å². The van der Waals surface area contributed by atoms with Crippen LogP contribution in [0.4, 0.5) is 11.6 Å². The molecule has 0 saturated heterocycles. The van der Waals surface area contributed by atoms with Gasteiger partial charge in [0.05, 0.1) is 6.61 Å². The van der Waals surface area contributed by atoms with Crippen molar-refractivity contribution in [3.8, 4) is 0 Å². The number of hydrogen-bond acceptors (Lipinski definition) is 6. The molecular weight excluding hydrogens is 256 g/mol. The molecule has 3 N–H and O–H groups in total. The Bertz CT molecular complexity index is 400. The summed E-state index contributed by atoms with van der Waals surface area (Å²) in [5.74, 6) is 2.12. The van der Waals surface area contributed by atoms with E-state index in [1.807, 2.05) is 13.1 Å². The van der Waals surface area contributed by atoms with E-state index < -0.39 is 0 Å². The summed E-state index contributed by atoms with van der Waals surface area (Å²) in [6.07, 6.45) is 1.84. The predicted molar refractivity (Wildman–Crippen MR) is 80.9 cm³/mol. The van der Waals surface area contributed by atoms with Crippen molar-refractivity contribution in [2.75, 3.05) is 37.9 Å². The number of nitrogens with one attached hydrogen (secondary N) is 2. The summed E-state index contributed by atoms with van der Waals surface area (Å²) < 4.78 is 5.07. The second-order valence-electron chi connectivity index (χ2n) is 4.96. The zero-order valence-corrected chi connectivity index (χ0v) is 12.9. The Morgan fingerprint density at radius 3 is 2.40 bits per heavy atom. The fourth-order valence-corrected chi connectivity index (χ4v) is 1.97. The topological polar surface area (TPSA) is 79.3 Å². The molecule has 1 aromatic rings. The van der Waals surface area contributed by atoms with Crippen LogP contribution in [0.3, 0.4) is 0 Å². The third-order valence-corrected chi connectivity index (χ3v) is 3.78. The molecule has 1 heterocycles. The Kier molecular flexibility index (Phi) is 6.67. The van der Waals surface area contributed by atoms with E-state index in [-0.39, 0.29) is 12.0 Å². The van der Waals surface area contributed by atoms with E-state index in [0.717, 1.165) is 24.5 Å². The van der Waals surface area contributed by atoms with Gasteiger partial charge in [-0.3, -0.25) is 0 Å². The molecule has 6 heteroatoms. The standard InChI is InChI=1S/C14H26N4O2/c1-5-14(6-2,10-19)9-16-12-7-11(15-3)17-13(18-12)8-20-4/h7,19H,5-6,8-10H2,1-4H3,(H2,15,16,17,18). The molecule has 0 aliphatic carbocycles. The summed E-state index contributed by atoms with van der Waals surface area (Å²) in [4.78, 5) is 8.72. The SMILES string of the molecule is CCC(CC)(CO)CNc1cc(NC)nc(COC)n1. The average Bonchev–Trinajstić information content (AvgIpc) is 2.49. The van der Waals surface area contributed by atoms with Gasteiger partial charge in [-0.1, -0.05) is 13.8 Å². The molecule has 20 heavy (non-hydrogen) atoms. The zero-order valence-electron chi connectivity index (χ0n) is 12.9. The van der Waals surface area contributed by atoms with Crippen molar-refractivity contribution in [2.45, 2.75) is 33.3 Å². The number of anilines is 2. The van der Waals surface area contributed by atoms with Crippen LogP contribution >= 0.6 is 0 Å². The van der Waals surface area contributed by atoms with Gasteiger partial charge in [0, 0.05) is 32.2 Å². The summed E-state index contributed by atoms with van der Waals surface area (Å²) in [6.45, 7) is 5.41. The number of nitrogens with zero attached hydrogens (tertiary/aromatic N) is 2. The molecule has 0 bridgehead atoms. The number of methoxy groups -OCH3 is 1. The minimum atomic E-state index is -0.105. The first-order valence-electron chi connectivity index (χ1n) is 7.02. The Labute approximate surface area is 121 Å². The average molecular weight is 282 g/mol. The smallest absolute Gasteiger partial charge is 0.158 e. The zero-order chi connectivity index (χ0) is 15.0. The normalized spacial score (nSPS) is 11.4. The summed E-state index contributed by atoms with van der Waals surface area (Å²) >= 11 is 0. The maximum absolute atomic E-state index is 9.59. The lowest BCUT2D eigenvalue weighted by Gasteiger charge is -2.29. The molecule has 0 fully saturated rings. The van der Waals surface area contributed by atoms with Crippen LogP contribution in [0.25, 0.3) is 0 Å². The summed E-state index contributed by atoms with van der Waals surface area (Å²) in [7, 11) is 3.44. The summed E-state index contributed by atoms with van der Waals surface area (Å²) in [5.41, 5.74) is -0.105. The minimum absolute atomic E-state index is 0.105. The van der Waals surface area contributed by atoms with Gasteiger partial charge in [0.1, 0.15) is 18.2 Å². The monoisotopic (exact) mass is 282 g/mol. The van der Waals surface area contributed by atoms with Crippen LogP contribution in [0.15, 0.2) is 6.07 Å². The maximum atomic E-state index is 9.59. The van der Waals surface area contributed by atoms with Gasteiger partial charge in [-0.25, -0.2) is 9.97 Å². The van der Waals surface area contributed by atoms with Gasteiger partial charge >= 0.3 is 0 Å². The van der Waals surface area contributed by atoms with E-state index in [9.17, 15) is 5.11 Å². The van der Waals surface area contributed by atoms with Crippen molar-refractivity contribution in [3.63, 3.8) is 0 Å². The van der Waals surface area contributed by atoms with E-state index in [4.69, 9.17) is 4.74 Å². The molecule has 0 aliphatic heterocycles. The van der Waals surface area contributed by atoms with Gasteiger partial charge in [-0.2, -0.15) is 0 Å². The first-order valence-corrected chi connectivity index (χ1v) is 7.02. The van der Waals surface area contributed by atoms with Gasteiger partial charge in [0.25, 0.3) is 0 Å². The molecule has 0 atom stereocenters. The lowest BCUT2D eigenvalue weighted by atomic mass is 9.83. The van der Waals surface area contributed by atoms with Crippen LogP contribution in [0.1, 0.15) is 32.5 Å². The van der Waals surface area contributed by atoms with Crippen LogP contribution in [0, 0.1) is 5.41 Å². The largest absolute Gasteiger partial charge is 0.396 e.